The zero-order valence-corrected chi connectivity index (χ0v) is 13.9. The van der Waals surface area contributed by atoms with Gasteiger partial charge in [-0.05, 0) is 46.0 Å². The Kier molecular flexibility index (Phi) is 5.62. The molecular weight excluding hydrogens is 280 g/mol. The summed E-state index contributed by atoms with van der Waals surface area (Å²) in [6, 6.07) is 0.0605. The van der Waals surface area contributed by atoms with E-state index in [9.17, 15) is 9.59 Å². The van der Waals surface area contributed by atoms with Crippen LogP contribution < -0.4 is 10.6 Å². The Balaban J connectivity index is 2.13. The average Bonchev–Trinajstić information content (AvgIpc) is 2.43. The van der Waals surface area contributed by atoms with Gasteiger partial charge < -0.3 is 15.4 Å². The van der Waals surface area contributed by atoms with E-state index in [1.54, 1.807) is 0 Å². The van der Waals surface area contributed by atoms with Crippen molar-refractivity contribution in [2.45, 2.75) is 64.5 Å². The van der Waals surface area contributed by atoms with Gasteiger partial charge in [-0.15, -0.1) is 0 Å². The molecule has 0 aromatic heterocycles. The first kappa shape index (κ1) is 17.0. The van der Waals surface area contributed by atoms with Crippen molar-refractivity contribution < 1.29 is 14.3 Å². The predicted octanol–water partition coefficient (Wildman–Crippen LogP) is 1.92. The SMILES string of the molecule is CC1=CC[C@H]2C[C@H]1NC(=O)CCOCCCC(=O)NC2(C)C. The molecule has 0 unspecified atom stereocenters. The van der Waals surface area contributed by atoms with E-state index in [0.29, 0.717) is 38.4 Å². The highest BCUT2D eigenvalue weighted by molar-refractivity contribution is 5.77. The minimum atomic E-state index is -0.276. The van der Waals surface area contributed by atoms with Crippen LogP contribution in [0.25, 0.3) is 0 Å². The minimum Gasteiger partial charge on any atom is -0.381 e. The van der Waals surface area contributed by atoms with Crippen LogP contribution in [0.15, 0.2) is 11.6 Å². The van der Waals surface area contributed by atoms with Gasteiger partial charge in [0.2, 0.25) is 11.8 Å². The van der Waals surface area contributed by atoms with Crippen molar-refractivity contribution in [2.75, 3.05) is 13.2 Å². The lowest BCUT2D eigenvalue weighted by Gasteiger charge is -2.40. The molecule has 1 fully saturated rings. The first-order valence-electron chi connectivity index (χ1n) is 8.23. The van der Waals surface area contributed by atoms with Crippen molar-refractivity contribution in [3.8, 4) is 0 Å². The lowest BCUT2D eigenvalue weighted by Crippen LogP contribution is -2.52. The third-order valence-electron chi connectivity index (χ3n) is 4.78. The zero-order chi connectivity index (χ0) is 16.2. The number of rotatable bonds is 0. The van der Waals surface area contributed by atoms with Gasteiger partial charge in [-0.3, -0.25) is 9.59 Å². The summed E-state index contributed by atoms with van der Waals surface area (Å²) < 4.78 is 5.42. The summed E-state index contributed by atoms with van der Waals surface area (Å²) in [5.74, 6) is 0.444. The zero-order valence-electron chi connectivity index (χ0n) is 13.9. The first-order valence-corrected chi connectivity index (χ1v) is 8.23. The summed E-state index contributed by atoms with van der Waals surface area (Å²) in [5.41, 5.74) is 0.933. The van der Waals surface area contributed by atoms with E-state index in [1.165, 1.54) is 5.57 Å². The molecule has 2 rings (SSSR count). The number of allylic oxidation sites excluding steroid dienone is 1. The van der Waals surface area contributed by atoms with Crippen LogP contribution in [0, 0.1) is 5.92 Å². The fourth-order valence-corrected chi connectivity index (χ4v) is 3.19. The lowest BCUT2D eigenvalue weighted by atomic mass is 9.75. The maximum atomic E-state index is 12.1. The molecule has 0 spiro atoms. The van der Waals surface area contributed by atoms with Gasteiger partial charge in [-0.25, -0.2) is 0 Å². The van der Waals surface area contributed by atoms with Crippen LogP contribution in [0.1, 0.15) is 52.9 Å². The van der Waals surface area contributed by atoms with E-state index in [-0.39, 0.29) is 23.4 Å². The highest BCUT2D eigenvalue weighted by atomic mass is 16.5. The maximum absolute atomic E-state index is 12.1. The van der Waals surface area contributed by atoms with Crippen LogP contribution in [0.4, 0.5) is 0 Å². The fraction of sp³-hybridized carbons (Fsp3) is 0.765. The normalized spacial score (nSPS) is 30.6. The molecule has 5 heteroatoms. The van der Waals surface area contributed by atoms with Gasteiger partial charge in [0.15, 0.2) is 0 Å². The standard InChI is InChI=1S/C17H28N2O3/c1-12-6-7-13-11-14(12)18-15(20)8-10-22-9-4-5-16(21)19-17(13,2)3/h6,13-14H,4-5,7-11H2,1-3H3,(H,18,20)(H,19,21)/t13-,14+/m0/s1. The molecule has 2 N–H and O–H groups in total. The Morgan fingerprint density at radius 2 is 1.95 bits per heavy atom. The predicted molar refractivity (Wildman–Crippen MR) is 85.3 cm³/mol. The highest BCUT2D eigenvalue weighted by Crippen LogP contribution is 2.32. The van der Waals surface area contributed by atoms with Crippen LogP contribution in [-0.4, -0.2) is 36.6 Å². The third-order valence-corrected chi connectivity index (χ3v) is 4.78. The number of hydrogen-bond acceptors (Lipinski definition) is 3. The van der Waals surface area contributed by atoms with Crippen molar-refractivity contribution in [3.63, 3.8) is 0 Å². The van der Waals surface area contributed by atoms with Gasteiger partial charge in [-0.1, -0.05) is 11.6 Å². The quantitative estimate of drug-likeness (QED) is 0.672. The maximum Gasteiger partial charge on any atom is 0.222 e. The van der Waals surface area contributed by atoms with Crippen LogP contribution in [0.5, 0.6) is 0 Å². The Hall–Kier alpha value is -1.36. The van der Waals surface area contributed by atoms with E-state index >= 15 is 0 Å². The van der Waals surface area contributed by atoms with E-state index in [1.807, 2.05) is 0 Å². The molecule has 1 saturated heterocycles. The molecule has 2 bridgehead atoms. The molecule has 0 aromatic carbocycles. The first-order chi connectivity index (χ1) is 10.4. The number of fused-ring (bicyclic) bond motifs is 2. The van der Waals surface area contributed by atoms with E-state index < -0.39 is 0 Å². The second-order valence-corrected chi connectivity index (χ2v) is 6.97. The summed E-state index contributed by atoms with van der Waals surface area (Å²) in [7, 11) is 0. The number of amides is 2. The molecule has 0 saturated carbocycles. The van der Waals surface area contributed by atoms with E-state index in [2.05, 4.69) is 37.5 Å². The summed E-state index contributed by atoms with van der Waals surface area (Å²) in [4.78, 5) is 24.1. The van der Waals surface area contributed by atoms with Crippen molar-refractivity contribution in [1.82, 2.24) is 10.6 Å². The van der Waals surface area contributed by atoms with Crippen LogP contribution in [-0.2, 0) is 14.3 Å². The van der Waals surface area contributed by atoms with Crippen LogP contribution in [0.3, 0.4) is 0 Å². The van der Waals surface area contributed by atoms with Gasteiger partial charge in [0.25, 0.3) is 0 Å². The summed E-state index contributed by atoms with van der Waals surface area (Å²) in [5, 5.41) is 6.26. The molecule has 2 atom stereocenters. The molecule has 1 aliphatic carbocycles. The molecule has 2 aliphatic rings. The number of carbonyl (C=O) groups excluding carboxylic acids is 2. The Labute approximate surface area is 132 Å². The molecule has 2 amide bonds. The second kappa shape index (κ2) is 7.27. The minimum absolute atomic E-state index is 0.0392. The molecule has 5 nitrogen and oxygen atoms in total. The van der Waals surface area contributed by atoms with Crippen molar-refractivity contribution >= 4 is 11.8 Å². The fourth-order valence-electron chi connectivity index (χ4n) is 3.19. The molecule has 1 aliphatic heterocycles. The van der Waals surface area contributed by atoms with E-state index in [4.69, 9.17) is 4.74 Å². The van der Waals surface area contributed by atoms with Crippen molar-refractivity contribution in [1.29, 1.82) is 0 Å². The van der Waals surface area contributed by atoms with Crippen LogP contribution >= 0.6 is 0 Å². The Bertz CT molecular complexity index is 457. The second-order valence-electron chi connectivity index (χ2n) is 6.97. The van der Waals surface area contributed by atoms with Gasteiger partial charge in [0, 0.05) is 25.0 Å². The molecule has 124 valence electrons. The van der Waals surface area contributed by atoms with Gasteiger partial charge >= 0.3 is 0 Å². The monoisotopic (exact) mass is 308 g/mol. The number of nitrogens with one attached hydrogen (secondary N) is 2. The number of hydrogen-bond donors (Lipinski definition) is 2. The third kappa shape index (κ3) is 4.57. The van der Waals surface area contributed by atoms with Crippen LogP contribution in [0.2, 0.25) is 0 Å². The average molecular weight is 308 g/mol. The lowest BCUT2D eigenvalue weighted by molar-refractivity contribution is -0.125. The topological polar surface area (TPSA) is 67.4 Å². The Morgan fingerprint density at radius 3 is 2.73 bits per heavy atom. The summed E-state index contributed by atoms with van der Waals surface area (Å²) in [6.45, 7) is 7.15. The van der Waals surface area contributed by atoms with Gasteiger partial charge in [-0.2, -0.15) is 0 Å². The molecule has 22 heavy (non-hydrogen) atoms. The molecular formula is C17H28N2O3. The highest BCUT2D eigenvalue weighted by Gasteiger charge is 2.35. The van der Waals surface area contributed by atoms with Gasteiger partial charge in [0.1, 0.15) is 0 Å². The van der Waals surface area contributed by atoms with Crippen molar-refractivity contribution in [3.05, 3.63) is 11.6 Å². The molecule has 0 radical (unpaired) electrons. The van der Waals surface area contributed by atoms with Crippen molar-refractivity contribution in [2.24, 2.45) is 5.92 Å². The molecule has 1 heterocycles. The largest absolute Gasteiger partial charge is 0.381 e. The van der Waals surface area contributed by atoms with Gasteiger partial charge in [0.05, 0.1) is 12.6 Å². The van der Waals surface area contributed by atoms with E-state index in [0.717, 1.165) is 12.8 Å². The summed E-state index contributed by atoms with van der Waals surface area (Å²) >= 11 is 0. The smallest absolute Gasteiger partial charge is 0.222 e. The number of carbonyl (C=O) groups is 2. The summed E-state index contributed by atoms with van der Waals surface area (Å²) in [6.07, 6.45) is 5.53. The Morgan fingerprint density at radius 1 is 1.18 bits per heavy atom. The number of ether oxygens (including phenoxy) is 1. The molecule has 0 aromatic rings.